The normalized spacial score (nSPS) is 22.0. The zero-order valence-electron chi connectivity index (χ0n) is 23.8. The minimum absolute atomic E-state index is 0.0849. The highest BCUT2D eigenvalue weighted by Crippen LogP contribution is 2.41. The molecule has 0 amide bonds. The van der Waals surface area contributed by atoms with Crippen molar-refractivity contribution < 1.29 is 54.0 Å². The molecule has 1 aromatic heterocycles. The summed E-state index contributed by atoms with van der Waals surface area (Å²) < 4.78 is 29.2. The van der Waals surface area contributed by atoms with Gasteiger partial charge in [-0.2, -0.15) is 5.10 Å². The van der Waals surface area contributed by atoms with E-state index in [2.05, 4.69) is 16.9 Å². The molecule has 0 radical (unpaired) electrons. The third-order valence-electron chi connectivity index (χ3n) is 6.74. The molecule has 1 saturated heterocycles. The molecular weight excluding hydrogens is 552 g/mol. The number of aliphatic hydroxyl groups excluding tert-OH is 5. The van der Waals surface area contributed by atoms with E-state index in [0.717, 1.165) is 4.68 Å². The van der Waals surface area contributed by atoms with Crippen molar-refractivity contribution in [1.29, 1.82) is 0 Å². The van der Waals surface area contributed by atoms with Crippen molar-refractivity contribution in [2.24, 2.45) is 0 Å². The van der Waals surface area contributed by atoms with Crippen LogP contribution in [0, 0.1) is 11.8 Å². The van der Waals surface area contributed by atoms with Gasteiger partial charge in [0.15, 0.2) is 17.7 Å². The Morgan fingerprint density at radius 3 is 2.19 bits per heavy atom. The van der Waals surface area contributed by atoms with Crippen LogP contribution in [0.2, 0.25) is 0 Å². The van der Waals surface area contributed by atoms with Gasteiger partial charge in [0, 0.05) is 10.9 Å². The van der Waals surface area contributed by atoms with Gasteiger partial charge in [-0.3, -0.25) is 4.79 Å². The summed E-state index contributed by atoms with van der Waals surface area (Å²) in [6.45, 7) is 2.52. The molecule has 0 bridgehead atoms. The van der Waals surface area contributed by atoms with E-state index in [4.69, 9.17) is 23.7 Å². The second kappa shape index (κ2) is 13.0. The number of benzene rings is 2. The molecule has 3 unspecified atom stereocenters. The van der Waals surface area contributed by atoms with Gasteiger partial charge in [-0.15, -0.1) is 0 Å². The zero-order valence-corrected chi connectivity index (χ0v) is 23.8. The Labute approximate surface area is 241 Å². The highest BCUT2D eigenvalue weighted by molar-refractivity contribution is 6.16. The summed E-state index contributed by atoms with van der Waals surface area (Å²) in [6, 6.07) is 6.11. The first-order valence-corrected chi connectivity index (χ1v) is 13.1. The first-order chi connectivity index (χ1) is 20.1. The van der Waals surface area contributed by atoms with Crippen LogP contribution in [-0.2, 0) is 4.74 Å². The van der Waals surface area contributed by atoms with Crippen LogP contribution in [0.1, 0.15) is 41.7 Å². The lowest BCUT2D eigenvalue weighted by Crippen LogP contribution is -2.56. The lowest BCUT2D eigenvalue weighted by atomic mass is 9.98. The predicted molar refractivity (Wildman–Crippen MR) is 148 cm³/mol. The number of carbonyl (C=O) groups is 1. The van der Waals surface area contributed by atoms with E-state index < -0.39 is 49.6 Å². The van der Waals surface area contributed by atoms with Gasteiger partial charge in [0.1, 0.15) is 42.5 Å². The number of methoxy groups -OCH3 is 3. The Morgan fingerprint density at radius 2 is 1.64 bits per heavy atom. The molecule has 0 aliphatic carbocycles. The fraction of sp³-hybridized carbons (Fsp3) is 0.448. The summed E-state index contributed by atoms with van der Waals surface area (Å²) in [5.74, 6) is 5.87. The smallest absolute Gasteiger partial charge is 0.214 e. The van der Waals surface area contributed by atoms with Crippen molar-refractivity contribution in [3.05, 3.63) is 41.1 Å². The van der Waals surface area contributed by atoms with Gasteiger partial charge in [0.05, 0.1) is 45.1 Å². The zero-order chi connectivity index (χ0) is 30.7. The van der Waals surface area contributed by atoms with Crippen LogP contribution in [0.3, 0.4) is 0 Å². The number of ether oxygens (including phenoxy) is 5. The average molecular weight is 587 g/mol. The molecule has 3 aromatic rings. The molecule has 0 saturated carbocycles. The van der Waals surface area contributed by atoms with E-state index in [1.54, 1.807) is 12.1 Å². The third-order valence-corrected chi connectivity index (χ3v) is 6.74. The largest absolute Gasteiger partial charge is 0.495 e. The molecular formula is C29H34N2O11. The van der Waals surface area contributed by atoms with Crippen molar-refractivity contribution >= 4 is 16.7 Å². The topological polar surface area (TPSA) is 182 Å². The third kappa shape index (κ3) is 5.60. The molecule has 42 heavy (non-hydrogen) atoms. The molecule has 1 aliphatic heterocycles. The van der Waals surface area contributed by atoms with E-state index in [1.165, 1.54) is 33.5 Å². The number of aromatic nitrogens is 2. The SMILES string of the molecule is COc1cc(C(=O)c2nn([C@@H]3OC(CO)[C@@H](O)C(O)C3O)c3c(C#CCO)c(OC)ccc23)cc(OC)c1OC(C)C. The molecule has 226 valence electrons. The number of hydrogen-bond donors (Lipinski definition) is 5. The first-order valence-electron chi connectivity index (χ1n) is 13.1. The molecule has 5 N–H and O–H groups in total. The van der Waals surface area contributed by atoms with Crippen molar-refractivity contribution in [2.45, 2.75) is 50.6 Å². The monoisotopic (exact) mass is 586 g/mol. The van der Waals surface area contributed by atoms with Crippen molar-refractivity contribution in [1.82, 2.24) is 9.78 Å². The lowest BCUT2D eigenvalue weighted by Gasteiger charge is -2.40. The van der Waals surface area contributed by atoms with E-state index in [-0.39, 0.29) is 51.1 Å². The van der Waals surface area contributed by atoms with Gasteiger partial charge in [0.2, 0.25) is 11.5 Å². The summed E-state index contributed by atoms with van der Waals surface area (Å²) in [7, 11) is 4.26. The second-order valence-electron chi connectivity index (χ2n) is 9.72. The van der Waals surface area contributed by atoms with Crippen LogP contribution in [0.15, 0.2) is 24.3 Å². The second-order valence-corrected chi connectivity index (χ2v) is 9.72. The number of aliphatic hydroxyl groups is 5. The maximum atomic E-state index is 14.1. The van der Waals surface area contributed by atoms with E-state index in [1.807, 2.05) is 13.8 Å². The van der Waals surface area contributed by atoms with Crippen molar-refractivity contribution in [3.63, 3.8) is 0 Å². The fourth-order valence-electron chi connectivity index (χ4n) is 4.77. The quantitative estimate of drug-likeness (QED) is 0.172. The first kappa shape index (κ1) is 31.0. The Kier molecular flexibility index (Phi) is 9.57. The van der Waals surface area contributed by atoms with Gasteiger partial charge < -0.3 is 49.2 Å². The van der Waals surface area contributed by atoms with Crippen molar-refractivity contribution in [3.8, 4) is 34.8 Å². The van der Waals surface area contributed by atoms with Crippen LogP contribution >= 0.6 is 0 Å². The number of hydrogen-bond acceptors (Lipinski definition) is 12. The fourth-order valence-corrected chi connectivity index (χ4v) is 4.77. The summed E-state index contributed by atoms with van der Waals surface area (Å²) in [5.41, 5.74) is 0.447. The summed E-state index contributed by atoms with van der Waals surface area (Å²) in [4.78, 5) is 14.1. The predicted octanol–water partition coefficient (Wildman–Crippen LogP) is 0.396. The van der Waals surface area contributed by atoms with E-state index in [9.17, 15) is 30.3 Å². The molecule has 13 heteroatoms. The van der Waals surface area contributed by atoms with Crippen LogP contribution in [0.5, 0.6) is 23.0 Å². The van der Waals surface area contributed by atoms with Crippen LogP contribution < -0.4 is 18.9 Å². The number of nitrogens with zero attached hydrogens (tertiary/aromatic N) is 2. The Morgan fingerprint density at radius 1 is 1.00 bits per heavy atom. The van der Waals surface area contributed by atoms with Gasteiger partial charge >= 0.3 is 0 Å². The van der Waals surface area contributed by atoms with Gasteiger partial charge in [0.25, 0.3) is 0 Å². The van der Waals surface area contributed by atoms with Gasteiger partial charge in [-0.05, 0) is 38.1 Å². The Balaban J connectivity index is 1.98. The number of fused-ring (bicyclic) bond motifs is 1. The van der Waals surface area contributed by atoms with Crippen LogP contribution in [0.25, 0.3) is 10.9 Å². The van der Waals surface area contributed by atoms with Crippen LogP contribution in [0.4, 0.5) is 0 Å². The molecule has 2 aromatic carbocycles. The van der Waals surface area contributed by atoms with Crippen LogP contribution in [-0.4, -0.2) is 106 Å². The minimum atomic E-state index is -1.72. The minimum Gasteiger partial charge on any atom is -0.495 e. The molecule has 2 heterocycles. The van der Waals surface area contributed by atoms with E-state index in [0.29, 0.717) is 5.75 Å². The lowest BCUT2D eigenvalue weighted by molar-refractivity contribution is -0.252. The average Bonchev–Trinajstić information content (AvgIpc) is 3.37. The standard InChI is InChI=1S/C29H34N2O11/c1-14(2)41-28-19(39-4)11-15(12-20(28)40-5)24(34)22-17-8-9-18(38-3)16(7-6-10-32)23(17)31(30-22)29-27(37)26(36)25(35)21(13-33)42-29/h8-9,11-12,14,21,25-27,29,32-33,35-37H,10,13H2,1-5H3/t21?,25-,26?,27?,29-/m1/s1. The van der Waals surface area contributed by atoms with Crippen molar-refractivity contribution in [2.75, 3.05) is 34.5 Å². The number of ketones is 1. The molecule has 5 atom stereocenters. The molecule has 0 spiro atoms. The number of carbonyl (C=O) groups excluding carboxylic acids is 1. The van der Waals surface area contributed by atoms with E-state index >= 15 is 0 Å². The summed E-state index contributed by atoms with van der Waals surface area (Å²) in [6.07, 6.45) is -7.95. The Bertz CT molecular complexity index is 1480. The Hall–Kier alpha value is -3.90. The highest BCUT2D eigenvalue weighted by atomic mass is 16.6. The molecule has 1 aliphatic rings. The molecule has 4 rings (SSSR count). The number of rotatable bonds is 9. The van der Waals surface area contributed by atoms with Gasteiger partial charge in [-0.1, -0.05) is 11.8 Å². The highest BCUT2D eigenvalue weighted by Gasteiger charge is 2.45. The van der Waals surface area contributed by atoms with Gasteiger partial charge in [-0.25, -0.2) is 4.68 Å². The summed E-state index contributed by atoms with van der Waals surface area (Å²) in [5, 5.41) is 55.6. The molecule has 13 nitrogen and oxygen atoms in total. The summed E-state index contributed by atoms with van der Waals surface area (Å²) >= 11 is 0. The molecule has 1 fully saturated rings. The maximum absolute atomic E-state index is 14.1. The maximum Gasteiger partial charge on any atom is 0.214 e.